The van der Waals surface area contributed by atoms with E-state index in [0.29, 0.717) is 6.54 Å². The second-order valence-corrected chi connectivity index (χ2v) is 5.60. The van der Waals surface area contributed by atoms with Gasteiger partial charge in [0.2, 0.25) is 5.91 Å². The highest BCUT2D eigenvalue weighted by Crippen LogP contribution is 2.38. The zero-order valence-electron chi connectivity index (χ0n) is 12.2. The van der Waals surface area contributed by atoms with Gasteiger partial charge in [0.1, 0.15) is 0 Å². The molecule has 1 aromatic rings. The summed E-state index contributed by atoms with van der Waals surface area (Å²) in [5, 5.41) is 9.41. The van der Waals surface area contributed by atoms with Crippen LogP contribution in [0.25, 0.3) is 0 Å². The summed E-state index contributed by atoms with van der Waals surface area (Å²) in [6.45, 7) is 6.60. The Bertz CT molecular complexity index is 518. The molecule has 1 amide bonds. The van der Waals surface area contributed by atoms with Crippen LogP contribution in [0.15, 0.2) is 18.2 Å². The molecular weight excluding hydrogens is 254 g/mol. The molecule has 1 aliphatic rings. The zero-order chi connectivity index (χ0) is 14.9. The molecule has 4 nitrogen and oxygen atoms in total. The molecule has 1 fully saturated rings. The average Bonchev–Trinajstić information content (AvgIpc) is 2.66. The molecule has 0 saturated carbocycles. The molecule has 1 aliphatic heterocycles. The summed E-state index contributed by atoms with van der Waals surface area (Å²) in [5.74, 6) is -1.58. The van der Waals surface area contributed by atoms with Crippen LogP contribution in [0.3, 0.4) is 0 Å². The monoisotopic (exact) mass is 275 g/mol. The van der Waals surface area contributed by atoms with Crippen LogP contribution in [0.2, 0.25) is 0 Å². The number of carboxylic acids is 1. The van der Waals surface area contributed by atoms with Crippen LogP contribution in [-0.4, -0.2) is 28.4 Å². The largest absolute Gasteiger partial charge is 0.481 e. The minimum absolute atomic E-state index is 0.0524. The van der Waals surface area contributed by atoms with E-state index >= 15 is 0 Å². The van der Waals surface area contributed by atoms with E-state index in [1.54, 1.807) is 4.90 Å². The first-order chi connectivity index (χ1) is 9.43. The summed E-state index contributed by atoms with van der Waals surface area (Å²) >= 11 is 0. The van der Waals surface area contributed by atoms with Gasteiger partial charge in [-0.1, -0.05) is 36.2 Å². The van der Waals surface area contributed by atoms with Crippen molar-refractivity contribution >= 4 is 11.9 Å². The standard InChI is InChI=1S/C16H21NO3/c1-4-5-17-14(18)9-13(16(19)20)15(17)12-7-10(2)6-11(3)8-12/h6-8,13,15H,4-5,9H2,1-3H3,(H,19,20). The molecule has 1 N–H and O–H groups in total. The third-order valence-corrected chi connectivity index (χ3v) is 3.80. The number of aryl methyl sites for hydroxylation is 2. The van der Waals surface area contributed by atoms with E-state index in [1.807, 2.05) is 32.9 Å². The van der Waals surface area contributed by atoms with Crippen LogP contribution in [-0.2, 0) is 9.59 Å². The maximum absolute atomic E-state index is 12.1. The highest BCUT2D eigenvalue weighted by atomic mass is 16.4. The van der Waals surface area contributed by atoms with Gasteiger partial charge in [-0.15, -0.1) is 0 Å². The van der Waals surface area contributed by atoms with Crippen LogP contribution in [0, 0.1) is 19.8 Å². The molecule has 0 bridgehead atoms. The van der Waals surface area contributed by atoms with E-state index in [0.717, 1.165) is 23.1 Å². The maximum atomic E-state index is 12.1. The van der Waals surface area contributed by atoms with Crippen molar-refractivity contribution in [3.63, 3.8) is 0 Å². The number of amides is 1. The Hall–Kier alpha value is -1.84. The predicted octanol–water partition coefficient (Wildman–Crippen LogP) is 2.69. The Kier molecular flexibility index (Phi) is 4.12. The number of carbonyl (C=O) groups is 2. The van der Waals surface area contributed by atoms with Gasteiger partial charge in [0, 0.05) is 13.0 Å². The summed E-state index contributed by atoms with van der Waals surface area (Å²) in [6.07, 6.45) is 0.937. The molecule has 108 valence electrons. The van der Waals surface area contributed by atoms with Gasteiger partial charge in [0.25, 0.3) is 0 Å². The number of benzene rings is 1. The number of carboxylic acid groups (broad SMARTS) is 1. The Morgan fingerprint density at radius 1 is 1.30 bits per heavy atom. The van der Waals surface area contributed by atoms with Crippen molar-refractivity contribution in [3.8, 4) is 0 Å². The van der Waals surface area contributed by atoms with Crippen molar-refractivity contribution in [1.29, 1.82) is 0 Å². The lowest BCUT2D eigenvalue weighted by molar-refractivity contribution is -0.142. The fraction of sp³-hybridized carbons (Fsp3) is 0.500. The van der Waals surface area contributed by atoms with Gasteiger partial charge in [-0.3, -0.25) is 9.59 Å². The normalized spacial score (nSPS) is 22.4. The van der Waals surface area contributed by atoms with Crippen molar-refractivity contribution in [2.75, 3.05) is 6.54 Å². The Balaban J connectivity index is 2.45. The number of likely N-dealkylation sites (tertiary alicyclic amines) is 1. The molecule has 0 radical (unpaired) electrons. The average molecular weight is 275 g/mol. The van der Waals surface area contributed by atoms with E-state index in [1.165, 1.54) is 0 Å². The maximum Gasteiger partial charge on any atom is 0.309 e. The summed E-state index contributed by atoms with van der Waals surface area (Å²) in [7, 11) is 0. The molecule has 20 heavy (non-hydrogen) atoms. The van der Waals surface area contributed by atoms with Crippen LogP contribution in [0.5, 0.6) is 0 Å². The third kappa shape index (κ3) is 2.69. The van der Waals surface area contributed by atoms with Crippen molar-refractivity contribution in [2.45, 2.75) is 39.7 Å². The van der Waals surface area contributed by atoms with Gasteiger partial charge in [-0.2, -0.15) is 0 Å². The highest BCUT2D eigenvalue weighted by molar-refractivity contribution is 5.87. The molecule has 0 spiro atoms. The van der Waals surface area contributed by atoms with E-state index < -0.39 is 11.9 Å². The second kappa shape index (κ2) is 5.65. The van der Waals surface area contributed by atoms with Crippen LogP contribution >= 0.6 is 0 Å². The molecule has 1 aromatic carbocycles. The number of rotatable bonds is 4. The van der Waals surface area contributed by atoms with Crippen molar-refractivity contribution in [3.05, 3.63) is 34.9 Å². The summed E-state index contributed by atoms with van der Waals surface area (Å²) < 4.78 is 0. The van der Waals surface area contributed by atoms with E-state index in [4.69, 9.17) is 0 Å². The summed E-state index contributed by atoms with van der Waals surface area (Å²) in [6, 6.07) is 5.71. The summed E-state index contributed by atoms with van der Waals surface area (Å²) in [5.41, 5.74) is 3.13. The van der Waals surface area contributed by atoms with Gasteiger partial charge in [0.15, 0.2) is 0 Å². The van der Waals surface area contributed by atoms with Crippen molar-refractivity contribution in [1.82, 2.24) is 4.90 Å². The molecule has 1 saturated heterocycles. The van der Waals surface area contributed by atoms with E-state index in [2.05, 4.69) is 6.07 Å². The molecular formula is C16H21NO3. The lowest BCUT2D eigenvalue weighted by atomic mass is 9.91. The summed E-state index contributed by atoms with van der Waals surface area (Å²) in [4.78, 5) is 25.3. The first-order valence-corrected chi connectivity index (χ1v) is 7.04. The minimum Gasteiger partial charge on any atom is -0.481 e. The molecule has 0 aromatic heterocycles. The quantitative estimate of drug-likeness (QED) is 0.919. The fourth-order valence-corrected chi connectivity index (χ4v) is 3.11. The topological polar surface area (TPSA) is 57.6 Å². The SMILES string of the molecule is CCCN1C(=O)CC(C(=O)O)C1c1cc(C)cc(C)c1. The van der Waals surface area contributed by atoms with E-state index in [-0.39, 0.29) is 18.4 Å². The Labute approximate surface area is 119 Å². The predicted molar refractivity (Wildman–Crippen MR) is 76.4 cm³/mol. The van der Waals surface area contributed by atoms with Gasteiger partial charge >= 0.3 is 5.97 Å². The molecule has 2 atom stereocenters. The van der Waals surface area contributed by atoms with Crippen LogP contribution < -0.4 is 0 Å². The van der Waals surface area contributed by atoms with Gasteiger partial charge in [0.05, 0.1) is 12.0 Å². The van der Waals surface area contributed by atoms with Crippen molar-refractivity contribution in [2.24, 2.45) is 5.92 Å². The highest BCUT2D eigenvalue weighted by Gasteiger charge is 2.44. The van der Waals surface area contributed by atoms with Gasteiger partial charge in [-0.25, -0.2) is 0 Å². The first-order valence-electron chi connectivity index (χ1n) is 7.04. The third-order valence-electron chi connectivity index (χ3n) is 3.80. The van der Waals surface area contributed by atoms with Gasteiger partial charge < -0.3 is 10.0 Å². The van der Waals surface area contributed by atoms with Crippen LogP contribution in [0.4, 0.5) is 0 Å². The van der Waals surface area contributed by atoms with Gasteiger partial charge in [-0.05, 0) is 25.8 Å². The minimum atomic E-state index is -0.888. The molecule has 1 heterocycles. The Morgan fingerprint density at radius 2 is 1.90 bits per heavy atom. The van der Waals surface area contributed by atoms with Crippen molar-refractivity contribution < 1.29 is 14.7 Å². The molecule has 2 rings (SSSR count). The number of hydrogen-bond donors (Lipinski definition) is 1. The smallest absolute Gasteiger partial charge is 0.309 e. The number of aliphatic carboxylic acids is 1. The second-order valence-electron chi connectivity index (χ2n) is 5.60. The lowest BCUT2D eigenvalue weighted by Gasteiger charge is -2.27. The number of hydrogen-bond acceptors (Lipinski definition) is 2. The molecule has 4 heteroatoms. The fourth-order valence-electron chi connectivity index (χ4n) is 3.11. The van der Waals surface area contributed by atoms with E-state index in [9.17, 15) is 14.7 Å². The Morgan fingerprint density at radius 3 is 2.40 bits per heavy atom. The molecule has 2 unspecified atom stereocenters. The zero-order valence-corrected chi connectivity index (χ0v) is 12.2. The molecule has 0 aliphatic carbocycles. The van der Waals surface area contributed by atoms with Crippen LogP contribution in [0.1, 0.15) is 42.5 Å². The number of carbonyl (C=O) groups excluding carboxylic acids is 1. The first kappa shape index (κ1) is 14.6. The number of nitrogens with zero attached hydrogens (tertiary/aromatic N) is 1. The lowest BCUT2D eigenvalue weighted by Crippen LogP contribution is -2.31.